The van der Waals surface area contributed by atoms with Crippen molar-refractivity contribution in [1.82, 2.24) is 25.4 Å². The highest BCUT2D eigenvalue weighted by Gasteiger charge is 2.12. The van der Waals surface area contributed by atoms with Crippen LogP contribution < -0.4 is 15.4 Å². The van der Waals surface area contributed by atoms with Gasteiger partial charge in [-0.25, -0.2) is 4.99 Å². The number of aliphatic imine (C=N–C) groups is 1. The Morgan fingerprint density at radius 1 is 1.23 bits per heavy atom. The summed E-state index contributed by atoms with van der Waals surface area (Å²) in [5, 5.41) is 15.6. The molecule has 0 spiro atoms. The number of para-hydroxylation sites is 1. The number of benzene rings is 1. The molecule has 174 valence electrons. The number of nitrogens with one attached hydrogen (secondary N) is 2. The van der Waals surface area contributed by atoms with E-state index in [1.54, 1.807) is 0 Å². The molecule has 0 radical (unpaired) electrons. The van der Waals surface area contributed by atoms with Crippen molar-refractivity contribution in [3.05, 3.63) is 40.9 Å². The summed E-state index contributed by atoms with van der Waals surface area (Å²) in [6, 6.07) is 7.51. The second kappa shape index (κ2) is 15.3. The summed E-state index contributed by atoms with van der Waals surface area (Å²) in [6.07, 6.45) is 1.68. The van der Waals surface area contributed by atoms with Crippen LogP contribution in [0.1, 0.15) is 38.3 Å². The van der Waals surface area contributed by atoms with E-state index in [1.165, 1.54) is 0 Å². The number of guanidine groups is 1. The minimum absolute atomic E-state index is 0. The Labute approximate surface area is 207 Å². The molecule has 0 amide bonds. The fraction of sp³-hybridized carbons (Fsp3) is 0.571. The Morgan fingerprint density at radius 3 is 2.65 bits per heavy atom. The van der Waals surface area contributed by atoms with Crippen LogP contribution in [-0.2, 0) is 18.3 Å². The molecule has 1 unspecified atom stereocenters. The molecule has 2 aromatic rings. The van der Waals surface area contributed by atoms with E-state index in [1.807, 2.05) is 49.7 Å². The Balaban J connectivity index is 0.00000480. The molecule has 2 N–H and O–H groups in total. The molecule has 0 aliphatic carbocycles. The third-order valence-electron chi connectivity index (χ3n) is 4.61. The van der Waals surface area contributed by atoms with Gasteiger partial charge in [0, 0.05) is 26.8 Å². The molecular weight excluding hydrogens is 531 g/mol. The van der Waals surface area contributed by atoms with Crippen LogP contribution in [0.25, 0.3) is 0 Å². The maximum Gasteiger partial charge on any atom is 0.191 e. The molecule has 1 atom stereocenters. The molecule has 2 rings (SSSR count). The van der Waals surface area contributed by atoms with Gasteiger partial charge in [0.1, 0.15) is 24.2 Å². The second-order valence-electron chi connectivity index (χ2n) is 6.82. The summed E-state index contributed by atoms with van der Waals surface area (Å²) < 4.78 is 13.4. The van der Waals surface area contributed by atoms with Crippen molar-refractivity contribution < 1.29 is 9.47 Å². The van der Waals surface area contributed by atoms with Gasteiger partial charge in [0.15, 0.2) is 11.8 Å². The fourth-order valence-corrected chi connectivity index (χ4v) is 2.82. The molecule has 8 nitrogen and oxygen atoms in total. The van der Waals surface area contributed by atoms with Crippen LogP contribution in [0.5, 0.6) is 5.75 Å². The van der Waals surface area contributed by atoms with Gasteiger partial charge in [0.05, 0.1) is 11.6 Å². The van der Waals surface area contributed by atoms with E-state index in [0.717, 1.165) is 37.6 Å². The lowest BCUT2D eigenvalue weighted by Gasteiger charge is -2.20. The first-order valence-corrected chi connectivity index (χ1v) is 10.8. The molecule has 0 fully saturated rings. The normalized spacial score (nSPS) is 12.2. The fourth-order valence-electron chi connectivity index (χ4n) is 2.64. The van der Waals surface area contributed by atoms with E-state index in [0.29, 0.717) is 36.4 Å². The largest absolute Gasteiger partial charge is 0.487 e. The van der Waals surface area contributed by atoms with Gasteiger partial charge in [0.25, 0.3) is 0 Å². The summed E-state index contributed by atoms with van der Waals surface area (Å²) in [5.74, 6) is 3.06. The summed E-state index contributed by atoms with van der Waals surface area (Å²) in [4.78, 5) is 4.67. The highest BCUT2D eigenvalue weighted by molar-refractivity contribution is 14.0. The lowest BCUT2D eigenvalue weighted by Crippen LogP contribution is -2.43. The van der Waals surface area contributed by atoms with Gasteiger partial charge in [-0.3, -0.25) is 0 Å². The predicted octanol–water partition coefficient (Wildman–Crippen LogP) is 3.71. The van der Waals surface area contributed by atoms with E-state index in [2.05, 4.69) is 32.7 Å². The van der Waals surface area contributed by atoms with Crippen LogP contribution in [-0.4, -0.2) is 53.1 Å². The lowest BCUT2D eigenvalue weighted by atomic mass is 10.2. The molecule has 0 saturated carbocycles. The third-order valence-corrected chi connectivity index (χ3v) is 4.92. The predicted molar refractivity (Wildman–Crippen MR) is 136 cm³/mol. The quantitative estimate of drug-likeness (QED) is 0.177. The number of aryl methyl sites for hydroxylation is 1. The first-order chi connectivity index (χ1) is 14.5. The van der Waals surface area contributed by atoms with E-state index in [4.69, 9.17) is 21.1 Å². The van der Waals surface area contributed by atoms with Crippen molar-refractivity contribution in [1.29, 1.82) is 0 Å². The van der Waals surface area contributed by atoms with Crippen molar-refractivity contribution in [3.8, 4) is 5.75 Å². The van der Waals surface area contributed by atoms with Crippen LogP contribution >= 0.6 is 35.6 Å². The molecule has 0 bridgehead atoms. The number of rotatable bonds is 12. The highest BCUT2D eigenvalue weighted by Crippen LogP contribution is 2.24. The lowest BCUT2D eigenvalue weighted by molar-refractivity contribution is 0.145. The van der Waals surface area contributed by atoms with Crippen molar-refractivity contribution in [2.24, 2.45) is 12.0 Å². The van der Waals surface area contributed by atoms with Crippen LogP contribution in [0.4, 0.5) is 0 Å². The summed E-state index contributed by atoms with van der Waals surface area (Å²) >= 11 is 6.22. The molecular formula is C21H34ClIN6O2. The van der Waals surface area contributed by atoms with Crippen LogP contribution in [0.3, 0.4) is 0 Å². The van der Waals surface area contributed by atoms with Gasteiger partial charge in [-0.05, 0) is 38.8 Å². The zero-order valence-electron chi connectivity index (χ0n) is 18.7. The molecule has 0 aliphatic heterocycles. The van der Waals surface area contributed by atoms with E-state index in [-0.39, 0.29) is 30.1 Å². The SMILES string of the molecule is CCOCCCNC(=NCc1nnc(C)n1C)NCC(CC)Oc1ccccc1Cl.I. The average Bonchev–Trinajstić information content (AvgIpc) is 3.07. The summed E-state index contributed by atoms with van der Waals surface area (Å²) in [6.45, 7) is 9.22. The first-order valence-electron chi connectivity index (χ1n) is 10.4. The Bertz CT molecular complexity index is 802. The Morgan fingerprint density at radius 2 is 2.00 bits per heavy atom. The van der Waals surface area contributed by atoms with Gasteiger partial charge < -0.3 is 24.7 Å². The van der Waals surface area contributed by atoms with E-state index < -0.39 is 0 Å². The minimum Gasteiger partial charge on any atom is -0.487 e. The molecule has 31 heavy (non-hydrogen) atoms. The number of hydrogen-bond acceptors (Lipinski definition) is 5. The number of nitrogens with zero attached hydrogens (tertiary/aromatic N) is 4. The minimum atomic E-state index is -0.0441. The average molecular weight is 565 g/mol. The van der Waals surface area contributed by atoms with E-state index >= 15 is 0 Å². The zero-order valence-corrected chi connectivity index (χ0v) is 21.8. The van der Waals surface area contributed by atoms with Gasteiger partial charge in [-0.2, -0.15) is 0 Å². The topological polar surface area (TPSA) is 85.6 Å². The second-order valence-corrected chi connectivity index (χ2v) is 7.23. The van der Waals surface area contributed by atoms with Crippen LogP contribution in [0.15, 0.2) is 29.3 Å². The van der Waals surface area contributed by atoms with Crippen molar-refractivity contribution in [2.75, 3.05) is 26.3 Å². The molecule has 10 heteroatoms. The van der Waals surface area contributed by atoms with Crippen LogP contribution in [0.2, 0.25) is 5.02 Å². The number of halogens is 2. The zero-order chi connectivity index (χ0) is 21.8. The van der Waals surface area contributed by atoms with Crippen LogP contribution in [0, 0.1) is 6.92 Å². The molecule has 0 saturated heterocycles. The first kappa shape index (κ1) is 27.4. The highest BCUT2D eigenvalue weighted by atomic mass is 127. The Kier molecular flexibility index (Phi) is 13.5. The smallest absolute Gasteiger partial charge is 0.191 e. The monoisotopic (exact) mass is 564 g/mol. The van der Waals surface area contributed by atoms with Gasteiger partial charge in [-0.15, -0.1) is 34.2 Å². The number of ether oxygens (including phenoxy) is 2. The van der Waals surface area contributed by atoms with Gasteiger partial charge in [0.2, 0.25) is 0 Å². The molecule has 1 heterocycles. The summed E-state index contributed by atoms with van der Waals surface area (Å²) in [5.41, 5.74) is 0. The third kappa shape index (κ3) is 9.61. The molecule has 1 aromatic carbocycles. The number of aromatic nitrogens is 3. The standard InChI is InChI=1S/C21H33ClN6O2.HI/c1-5-17(30-19-11-8-7-10-18(19)22)14-24-21(23-12-9-13-29-6-2)25-15-20-27-26-16(3)28(20)4;/h7-8,10-11,17H,5-6,9,12-15H2,1-4H3,(H2,23,24,25);1H. The van der Waals surface area contributed by atoms with E-state index in [9.17, 15) is 0 Å². The van der Waals surface area contributed by atoms with Crippen molar-refractivity contribution in [3.63, 3.8) is 0 Å². The maximum absolute atomic E-state index is 6.22. The van der Waals surface area contributed by atoms with Crippen molar-refractivity contribution >= 4 is 41.5 Å². The molecule has 0 aliphatic rings. The maximum atomic E-state index is 6.22. The van der Waals surface area contributed by atoms with Gasteiger partial charge in [-0.1, -0.05) is 30.7 Å². The molecule has 1 aromatic heterocycles. The Hall–Kier alpha value is -1.59. The summed E-state index contributed by atoms with van der Waals surface area (Å²) in [7, 11) is 1.94. The van der Waals surface area contributed by atoms with Crippen molar-refractivity contribution in [2.45, 2.75) is 46.3 Å². The van der Waals surface area contributed by atoms with Gasteiger partial charge >= 0.3 is 0 Å². The number of hydrogen-bond donors (Lipinski definition) is 2.